The van der Waals surface area contributed by atoms with E-state index in [9.17, 15) is 156 Å². The summed E-state index contributed by atoms with van der Waals surface area (Å²) in [6, 6.07) is 0. The Labute approximate surface area is 509 Å². The van der Waals surface area contributed by atoms with Crippen LogP contribution in [0.15, 0.2) is 0 Å². The maximum Gasteiger partial charge on any atom is 0.381 e. The SMILES string of the molecule is C[SiH](O[Si](C)(C)C)[Si](=O)[Si](=O)[Si](=O)[Si](=O)[Si](=O)[Si](=O)[Si](=O)[Si](=O)[Si](=O)[Si](=O)[Si](=O)[Si](=O)[Si](=O)[Si](=O)[Si](=O)[Si](=O)[Si](=O)[Si](=O)[Si](=O)[Si](=O)[Si](=O)[Si](=O)[Si](=O)[Si](=O)[Si](=O)[Si](=O)[Si](=O)[Si](=O)[Si](=O)[Si](=O)[Si](=O)[Si](=O)[Si](=O)[Si](=O)[Si](=O)[SiH2]O[Si](C)(C)C. The Morgan fingerprint density at radius 2 is 0.349 bits per heavy atom. The molecule has 0 aromatic heterocycles. The summed E-state index contributed by atoms with van der Waals surface area (Å²) < 4.78 is 457. The zero-order valence-corrected chi connectivity index (χ0v) is 81.5. The van der Waals surface area contributed by atoms with E-state index in [0.717, 1.165) is 0 Å². The molecule has 430 valence electrons. The molecule has 0 amide bonds. The molecule has 0 fully saturated rings. The summed E-state index contributed by atoms with van der Waals surface area (Å²) in [6.07, 6.45) is 0. The Morgan fingerprint density at radius 1 is 0.217 bits per heavy atom. The van der Waals surface area contributed by atoms with Crippen LogP contribution in [0.1, 0.15) is 0 Å². The molecule has 0 aliphatic heterocycles. The minimum Gasteiger partial charge on any atom is -0.457 e. The highest BCUT2D eigenvalue weighted by molar-refractivity contribution is 7.85. The van der Waals surface area contributed by atoms with Gasteiger partial charge < -0.3 is 164 Å². The second-order valence-electron chi connectivity index (χ2n) is 16.9. The fraction of sp³-hybridized carbons (Fsp3) is 1.00. The van der Waals surface area contributed by atoms with Crippen molar-refractivity contribution in [1.82, 2.24) is 0 Å². The fourth-order valence-corrected chi connectivity index (χ4v) is 446. The first kappa shape index (κ1) is 84.4. The van der Waals surface area contributed by atoms with E-state index >= 15 is 0 Å². The van der Waals surface area contributed by atoms with Crippen molar-refractivity contribution < 1.29 is 164 Å². The van der Waals surface area contributed by atoms with Crippen LogP contribution >= 0.6 is 0 Å². The van der Waals surface area contributed by atoms with Gasteiger partial charge in [-0.15, -0.1) is 0 Å². The van der Waals surface area contributed by atoms with Crippen LogP contribution in [0.3, 0.4) is 0 Å². The lowest BCUT2D eigenvalue weighted by Crippen LogP contribution is -2.58. The number of hydrogen-bond acceptors (Lipinski definition) is 37. The van der Waals surface area contributed by atoms with Gasteiger partial charge in [-0.05, 0) is 45.8 Å². The summed E-state index contributed by atoms with van der Waals surface area (Å²) in [5.74, 6) is 0. The van der Waals surface area contributed by atoms with Gasteiger partial charge >= 0.3 is 270 Å². The maximum absolute atomic E-state index is 12.8. The van der Waals surface area contributed by atoms with Gasteiger partial charge in [-0.2, -0.15) is 0 Å². The van der Waals surface area contributed by atoms with Crippen molar-refractivity contribution >= 4 is 305 Å². The third kappa shape index (κ3) is 23.8. The van der Waals surface area contributed by atoms with E-state index in [4.69, 9.17) is 8.23 Å². The van der Waals surface area contributed by atoms with Gasteiger partial charge in [-0.25, -0.2) is 0 Å². The van der Waals surface area contributed by atoms with Crippen LogP contribution in [0.2, 0.25) is 45.8 Å². The van der Waals surface area contributed by atoms with E-state index in [1.807, 2.05) is 0 Å². The van der Waals surface area contributed by atoms with Gasteiger partial charge in [0.2, 0.25) is 17.8 Å². The molecule has 1 atom stereocenters. The zero-order valence-electron chi connectivity index (χ0n) is 41.9. The molecule has 0 spiro atoms. The minimum absolute atomic E-state index is 1.33. The van der Waals surface area contributed by atoms with Crippen molar-refractivity contribution in [3.05, 3.63) is 0 Å². The minimum atomic E-state index is -4.79. The van der Waals surface area contributed by atoms with E-state index in [-0.39, 0.29) is 0 Å². The number of hydrogen-bond donors (Lipinski definition) is 0. The van der Waals surface area contributed by atoms with Crippen LogP contribution in [-0.2, 0) is 164 Å². The average Bonchev–Trinajstić information content (AvgIpc) is 3.65. The van der Waals surface area contributed by atoms with Crippen molar-refractivity contribution in [2.24, 2.45) is 0 Å². The lowest BCUT2D eigenvalue weighted by atomic mass is 11.8. The van der Waals surface area contributed by atoms with Crippen molar-refractivity contribution in [3.8, 4) is 0 Å². The predicted molar refractivity (Wildman–Crippen MR) is 296 cm³/mol. The van der Waals surface area contributed by atoms with Crippen molar-refractivity contribution in [3.63, 3.8) is 0 Å². The lowest BCUT2D eigenvalue weighted by Gasteiger charge is -2.20. The van der Waals surface area contributed by atoms with Crippen LogP contribution in [0.4, 0.5) is 0 Å². The molecule has 1 unspecified atom stereocenters. The molecule has 0 rings (SSSR count). The summed E-state index contributed by atoms with van der Waals surface area (Å²) >= 11 is 0. The van der Waals surface area contributed by atoms with Crippen molar-refractivity contribution in [2.75, 3.05) is 0 Å². The molecule has 0 N–H and O–H groups in total. The molecular weight excluding hydrogens is 1770 g/mol. The summed E-state index contributed by atoms with van der Waals surface area (Å²) in [7, 11) is -166. The molecule has 0 aromatic carbocycles. The summed E-state index contributed by atoms with van der Waals surface area (Å²) in [5, 5.41) is 0. The van der Waals surface area contributed by atoms with E-state index in [0.29, 0.717) is 0 Å². The van der Waals surface area contributed by atoms with Crippen molar-refractivity contribution in [2.45, 2.75) is 45.8 Å². The normalized spacial score (nSPS) is 11.1. The third-order valence-electron chi connectivity index (χ3n) is 8.61. The van der Waals surface area contributed by atoms with Gasteiger partial charge in [0.25, 0.3) is 0 Å². The Kier molecular flexibility index (Phi) is 37.2. The molecule has 83 heavy (non-hydrogen) atoms. The van der Waals surface area contributed by atoms with Gasteiger partial charge in [0.1, 0.15) is 0 Å². The average molecular weight is 1800 g/mol. The molecule has 0 aliphatic rings. The second-order valence-corrected chi connectivity index (χ2v) is 206. The van der Waals surface area contributed by atoms with Crippen LogP contribution in [0.25, 0.3) is 0 Å². The molecular formula is C7H24O37Si39. The Bertz CT molecular complexity index is 3520. The Hall–Kier alpha value is 1.38. The monoisotopic (exact) mass is 1790 g/mol. The van der Waals surface area contributed by atoms with Gasteiger partial charge in [0.05, 0.1) is 0 Å². The van der Waals surface area contributed by atoms with E-state index in [2.05, 4.69) is 0 Å². The van der Waals surface area contributed by atoms with Crippen LogP contribution in [0.5, 0.6) is 0 Å². The quantitative estimate of drug-likeness (QED) is 0.0514. The lowest BCUT2D eigenvalue weighted by molar-refractivity contribution is 0.531. The molecule has 0 aromatic rings. The highest BCUT2D eigenvalue weighted by atomic mass is 30.1. The first-order valence-electron chi connectivity index (χ1n) is 20.8. The standard InChI is InChI=1S/C7H24O37Si39/c1-46(44-83(5,6)7)48(9)50(11)52(13)54(15)56(17)58(19)60(21)62(23)64(25)66(27)68(29)70(31)72(33)74(35)76(37)78(39)80(41)81(42)79(40)77(38)75(36)73(34)71(32)69(30)67(28)65(26)63(24)61(22)59(20)57(18)55(16)53(14)51(12)49(10)47(8)45-43-82(2,3)4/h46H,45H2,1-7H3. The first-order chi connectivity index (χ1) is 37.5. The number of rotatable bonds is 40. The molecule has 0 heterocycles. The van der Waals surface area contributed by atoms with Gasteiger partial charge in [0.15, 0.2) is 16.6 Å². The molecule has 76 heteroatoms. The topological polar surface area (TPSA) is 616 Å². The molecule has 0 aliphatic carbocycles. The smallest absolute Gasteiger partial charge is 0.381 e. The van der Waals surface area contributed by atoms with E-state index in [1.54, 1.807) is 39.3 Å². The molecule has 0 saturated heterocycles. The van der Waals surface area contributed by atoms with Gasteiger partial charge in [0, 0.05) is 0 Å². The first-order valence-corrected chi connectivity index (χ1v) is 117. The predicted octanol–water partition coefficient (Wildman–Crippen LogP) is -15.9. The van der Waals surface area contributed by atoms with Crippen molar-refractivity contribution in [1.29, 1.82) is 0 Å². The van der Waals surface area contributed by atoms with E-state index in [1.165, 1.54) is 6.55 Å². The maximum atomic E-state index is 12.8. The summed E-state index contributed by atoms with van der Waals surface area (Å²) in [6.45, 7) is 11.3. The van der Waals surface area contributed by atoms with Gasteiger partial charge in [-0.3, -0.25) is 0 Å². The summed E-state index contributed by atoms with van der Waals surface area (Å²) in [4.78, 5) is 0. The fourth-order valence-electron chi connectivity index (χ4n) is 4.55. The van der Waals surface area contributed by atoms with Gasteiger partial charge in [-0.1, -0.05) is 0 Å². The van der Waals surface area contributed by atoms with E-state index < -0.39 is 305 Å². The highest BCUT2D eigenvalue weighted by Crippen LogP contribution is 2.05. The third-order valence-corrected chi connectivity index (χ3v) is 303. The molecule has 37 nitrogen and oxygen atoms in total. The van der Waals surface area contributed by atoms with Crippen LogP contribution in [-0.4, -0.2) is 305 Å². The molecule has 0 bridgehead atoms. The molecule has 0 radical (unpaired) electrons. The van der Waals surface area contributed by atoms with Crippen LogP contribution < -0.4 is 0 Å². The Morgan fingerprint density at radius 3 is 0.482 bits per heavy atom. The Balaban J connectivity index is 5.94. The second kappa shape index (κ2) is 36.6. The summed E-state index contributed by atoms with van der Waals surface area (Å²) in [5.41, 5.74) is 0. The molecule has 0 saturated carbocycles. The van der Waals surface area contributed by atoms with Crippen LogP contribution in [0, 0.1) is 0 Å². The zero-order chi connectivity index (χ0) is 65.9. The largest absolute Gasteiger partial charge is 0.457 e. The highest BCUT2D eigenvalue weighted by Gasteiger charge is 2.59.